The summed E-state index contributed by atoms with van der Waals surface area (Å²) in [6.45, 7) is 6.63. The van der Waals surface area contributed by atoms with E-state index < -0.39 is 18.2 Å². The van der Waals surface area contributed by atoms with Crippen LogP contribution >= 0.6 is 0 Å². The van der Waals surface area contributed by atoms with Gasteiger partial charge in [0.05, 0.1) is 0 Å². The minimum atomic E-state index is -5.08. The fraction of sp³-hybridized carbons (Fsp3) is 0.393. The number of hydrogen-bond donors (Lipinski definition) is 2. The lowest BCUT2D eigenvalue weighted by molar-refractivity contribution is -0.192. The van der Waals surface area contributed by atoms with E-state index in [1.165, 1.54) is 5.56 Å². The summed E-state index contributed by atoms with van der Waals surface area (Å²) in [6, 6.07) is 17.0. The number of carboxylic acids is 1. The molecule has 1 aliphatic heterocycles. The van der Waals surface area contributed by atoms with Crippen LogP contribution in [-0.2, 0) is 29.6 Å². The van der Waals surface area contributed by atoms with Gasteiger partial charge in [-0.15, -0.1) is 0 Å². The Kier molecular flexibility index (Phi) is 10.6. The van der Waals surface area contributed by atoms with Crippen molar-refractivity contribution in [3.8, 4) is 0 Å². The number of piperazine rings is 1. The van der Waals surface area contributed by atoms with E-state index in [2.05, 4.69) is 27.2 Å². The van der Waals surface area contributed by atoms with Crippen LogP contribution in [0.1, 0.15) is 46.1 Å². The lowest BCUT2D eigenvalue weighted by Crippen LogP contribution is -2.52. The van der Waals surface area contributed by atoms with Crippen molar-refractivity contribution in [3.05, 3.63) is 82.9 Å². The van der Waals surface area contributed by atoms with Crippen molar-refractivity contribution in [1.29, 1.82) is 0 Å². The van der Waals surface area contributed by atoms with Crippen LogP contribution in [0, 0.1) is 6.92 Å². The van der Waals surface area contributed by atoms with Crippen LogP contribution in [0.15, 0.2) is 54.6 Å². The molecule has 0 bridgehead atoms. The molecular formula is C28H33F3N6O4. The minimum absolute atomic E-state index is 0.0270. The molecular weight excluding hydrogens is 541 g/mol. The Morgan fingerprint density at radius 3 is 2.05 bits per heavy atom. The molecule has 41 heavy (non-hydrogen) atoms. The van der Waals surface area contributed by atoms with Gasteiger partial charge in [-0.05, 0) is 36.6 Å². The van der Waals surface area contributed by atoms with E-state index in [0.717, 1.165) is 17.8 Å². The lowest BCUT2D eigenvalue weighted by atomic mass is 10.1. The second kappa shape index (κ2) is 13.9. The van der Waals surface area contributed by atoms with E-state index >= 15 is 0 Å². The molecule has 2 aromatic carbocycles. The van der Waals surface area contributed by atoms with E-state index in [-0.39, 0.29) is 11.8 Å². The fourth-order valence-corrected chi connectivity index (χ4v) is 4.18. The third-order valence-electron chi connectivity index (χ3n) is 6.62. The summed E-state index contributed by atoms with van der Waals surface area (Å²) in [5, 5.41) is 14.7. The zero-order valence-electron chi connectivity index (χ0n) is 23.1. The highest BCUT2D eigenvalue weighted by Gasteiger charge is 2.38. The number of rotatable bonds is 7. The van der Waals surface area contributed by atoms with E-state index in [9.17, 15) is 22.8 Å². The molecule has 2 N–H and O–H groups in total. The molecule has 0 aliphatic carbocycles. The third kappa shape index (κ3) is 8.61. The largest absolute Gasteiger partial charge is 0.490 e. The highest BCUT2D eigenvalue weighted by molar-refractivity contribution is 5.94. The van der Waals surface area contributed by atoms with Crippen LogP contribution < -0.4 is 5.32 Å². The number of amides is 2. The first-order valence-corrected chi connectivity index (χ1v) is 13.0. The van der Waals surface area contributed by atoms with Crippen molar-refractivity contribution in [3.63, 3.8) is 0 Å². The number of carbonyl (C=O) groups is 3. The molecule has 3 aromatic rings. The molecule has 0 radical (unpaired) electrons. The molecule has 0 spiro atoms. The predicted molar refractivity (Wildman–Crippen MR) is 144 cm³/mol. The average Bonchev–Trinajstić information content (AvgIpc) is 3.29. The highest BCUT2D eigenvalue weighted by Crippen LogP contribution is 2.22. The number of nitrogens with one attached hydrogen (secondary N) is 1. The second-order valence-electron chi connectivity index (χ2n) is 9.43. The maximum atomic E-state index is 13.3. The van der Waals surface area contributed by atoms with Crippen molar-refractivity contribution < 1.29 is 32.7 Å². The molecule has 1 fully saturated rings. The Labute approximate surface area is 235 Å². The van der Waals surface area contributed by atoms with Crippen LogP contribution in [0.4, 0.5) is 13.2 Å². The van der Waals surface area contributed by atoms with Crippen molar-refractivity contribution >= 4 is 17.8 Å². The van der Waals surface area contributed by atoms with Crippen molar-refractivity contribution in [2.45, 2.75) is 39.0 Å². The summed E-state index contributed by atoms with van der Waals surface area (Å²) in [5.74, 6) is -1.63. The van der Waals surface area contributed by atoms with E-state index in [1.54, 1.807) is 4.68 Å². The van der Waals surface area contributed by atoms with Gasteiger partial charge in [-0.3, -0.25) is 19.2 Å². The first-order valence-electron chi connectivity index (χ1n) is 13.0. The monoisotopic (exact) mass is 574 g/mol. The van der Waals surface area contributed by atoms with Gasteiger partial charge in [0.25, 0.3) is 5.91 Å². The van der Waals surface area contributed by atoms with Crippen LogP contribution in [-0.4, -0.2) is 79.8 Å². The Morgan fingerprint density at radius 2 is 1.56 bits per heavy atom. The van der Waals surface area contributed by atoms with Gasteiger partial charge in [-0.1, -0.05) is 49.4 Å². The minimum Gasteiger partial charge on any atom is -0.475 e. The number of nitrogens with zero attached hydrogens (tertiary/aromatic N) is 5. The van der Waals surface area contributed by atoms with Gasteiger partial charge in [0, 0.05) is 45.3 Å². The standard InChI is InChI=1S/C26H32N6O2.C2HF3O2/c1-4-20-10-12-22(13-11-20)26(34)32-16-14-31(15-17-32)23(24-28-19(2)30(3)29-24)25(33)27-18-21-8-6-5-7-9-21;3-2(4,5)1(6)7/h5-13,23H,4,14-18H2,1-3H3,(H,27,33);(H,6,7). The summed E-state index contributed by atoms with van der Waals surface area (Å²) in [5.41, 5.74) is 2.94. The van der Waals surface area contributed by atoms with Gasteiger partial charge < -0.3 is 15.3 Å². The summed E-state index contributed by atoms with van der Waals surface area (Å²) in [6.07, 6.45) is -4.14. The second-order valence-corrected chi connectivity index (χ2v) is 9.43. The molecule has 1 aromatic heterocycles. The average molecular weight is 575 g/mol. The van der Waals surface area contributed by atoms with Crippen molar-refractivity contribution in [2.24, 2.45) is 7.05 Å². The summed E-state index contributed by atoms with van der Waals surface area (Å²) >= 11 is 0. The summed E-state index contributed by atoms with van der Waals surface area (Å²) in [4.78, 5) is 43.7. The number of hydrogen-bond acceptors (Lipinski definition) is 6. The molecule has 1 unspecified atom stereocenters. The zero-order chi connectivity index (χ0) is 30.2. The number of aryl methyl sites for hydroxylation is 3. The maximum Gasteiger partial charge on any atom is 0.490 e. The molecule has 1 aliphatic rings. The SMILES string of the molecule is CCc1ccc(C(=O)N2CCN(C(C(=O)NCc3ccccc3)c3nc(C)n(C)n3)CC2)cc1.O=C(O)C(F)(F)F. The van der Waals surface area contributed by atoms with Gasteiger partial charge >= 0.3 is 12.1 Å². The molecule has 2 heterocycles. The predicted octanol–water partition coefficient (Wildman–Crippen LogP) is 3.13. The first-order chi connectivity index (χ1) is 19.4. The van der Waals surface area contributed by atoms with E-state index in [0.29, 0.717) is 44.1 Å². The van der Waals surface area contributed by atoms with Crippen LogP contribution in [0.2, 0.25) is 0 Å². The van der Waals surface area contributed by atoms with Crippen LogP contribution in [0.25, 0.3) is 0 Å². The number of alkyl halides is 3. The number of carboxylic acid groups (broad SMARTS) is 1. The molecule has 4 rings (SSSR count). The third-order valence-corrected chi connectivity index (χ3v) is 6.62. The summed E-state index contributed by atoms with van der Waals surface area (Å²) in [7, 11) is 1.82. The molecule has 220 valence electrons. The smallest absolute Gasteiger partial charge is 0.475 e. The van der Waals surface area contributed by atoms with Gasteiger partial charge in [-0.25, -0.2) is 9.78 Å². The highest BCUT2D eigenvalue weighted by atomic mass is 19.4. The Bertz CT molecular complexity index is 1300. The quantitative estimate of drug-likeness (QED) is 0.445. The normalized spacial score (nSPS) is 14.5. The maximum absolute atomic E-state index is 13.3. The Morgan fingerprint density at radius 1 is 0.976 bits per heavy atom. The Balaban J connectivity index is 0.000000587. The molecule has 1 atom stereocenters. The summed E-state index contributed by atoms with van der Waals surface area (Å²) < 4.78 is 33.4. The number of carbonyl (C=O) groups excluding carboxylic acids is 2. The van der Waals surface area contributed by atoms with Gasteiger partial charge in [0.2, 0.25) is 5.91 Å². The molecule has 0 saturated carbocycles. The number of halogens is 3. The van der Waals surface area contributed by atoms with Crippen molar-refractivity contribution in [2.75, 3.05) is 26.2 Å². The van der Waals surface area contributed by atoms with E-state index in [4.69, 9.17) is 9.90 Å². The van der Waals surface area contributed by atoms with Gasteiger partial charge in [-0.2, -0.15) is 18.3 Å². The Hall–Kier alpha value is -4.26. The fourth-order valence-electron chi connectivity index (χ4n) is 4.18. The number of aliphatic carboxylic acids is 1. The lowest BCUT2D eigenvalue weighted by Gasteiger charge is -2.37. The number of aromatic nitrogens is 3. The first kappa shape index (κ1) is 31.3. The van der Waals surface area contributed by atoms with E-state index in [1.807, 2.05) is 73.5 Å². The molecule has 1 saturated heterocycles. The number of benzene rings is 2. The van der Waals surface area contributed by atoms with Crippen molar-refractivity contribution in [1.82, 2.24) is 29.9 Å². The van der Waals surface area contributed by atoms with Crippen LogP contribution in [0.3, 0.4) is 0 Å². The zero-order valence-corrected chi connectivity index (χ0v) is 23.1. The van der Waals surface area contributed by atoms with Gasteiger partial charge in [0.15, 0.2) is 11.9 Å². The molecule has 10 nitrogen and oxygen atoms in total. The molecule has 2 amide bonds. The van der Waals surface area contributed by atoms with Crippen LogP contribution in [0.5, 0.6) is 0 Å². The molecule has 13 heteroatoms. The topological polar surface area (TPSA) is 121 Å². The van der Waals surface area contributed by atoms with Gasteiger partial charge in [0.1, 0.15) is 5.82 Å².